The molecule has 5 saturated heterocycles. The molecule has 0 aromatic heterocycles. The summed E-state index contributed by atoms with van der Waals surface area (Å²) in [7, 11) is 1.15. The molecule has 5 heterocycles. The molecule has 5 aliphatic heterocycles. The lowest BCUT2D eigenvalue weighted by Crippen LogP contribution is -2.69. The highest BCUT2D eigenvalue weighted by molar-refractivity contribution is 5.78. The van der Waals surface area contributed by atoms with Crippen LogP contribution in [0.4, 0.5) is 0 Å². The van der Waals surface area contributed by atoms with Gasteiger partial charge in [-0.25, -0.2) is 4.79 Å². The van der Waals surface area contributed by atoms with E-state index in [-0.39, 0.29) is 31.3 Å². The third-order valence-corrected chi connectivity index (χ3v) is 18.1. The SMILES string of the molecule is CCC1O[C@@H](OCc2ccccc2)C(OC(C)=O)[C@@H](C)[C@@H]1O[C@@H]1OC(COC(C)=O)[C@H](OC(C)=O)[C@H](O[C@@H]2OC(CO[C@]3(C(=O)OC)C[C@@H](C)[C@@H](C)C([C@H](C)[C@@H](CC)OC(C)=O)O3)[C@@H](C)[C@H](O[C@@H]3OC(COC(C)=O)[C@H](OC(C)=O)[C@H](C)C3OC(C)=O)C2NC(C)=O)C1OC(C)=O. The zero-order valence-corrected chi connectivity index (χ0v) is 58.6. The number of amides is 1. The van der Waals surface area contributed by atoms with Gasteiger partial charge in [-0.1, -0.05) is 85.7 Å². The van der Waals surface area contributed by atoms with E-state index in [0.717, 1.165) is 54.2 Å². The van der Waals surface area contributed by atoms with E-state index >= 15 is 0 Å². The first kappa shape index (κ1) is 79.5. The number of benzene rings is 1. The fraction of sp³-hybridized carbons (Fsp3) is 0.761. The molecule has 30 nitrogen and oxygen atoms in total. The van der Waals surface area contributed by atoms with Crippen molar-refractivity contribution in [1.29, 1.82) is 0 Å². The van der Waals surface area contributed by atoms with E-state index in [4.69, 9.17) is 90.0 Å². The van der Waals surface area contributed by atoms with Crippen LogP contribution in [0.25, 0.3) is 0 Å². The van der Waals surface area contributed by atoms with Gasteiger partial charge in [0.1, 0.15) is 49.8 Å². The Balaban J connectivity index is 1.53. The van der Waals surface area contributed by atoms with Crippen molar-refractivity contribution in [3.05, 3.63) is 35.9 Å². The molecule has 1 amide bonds. The van der Waals surface area contributed by atoms with Gasteiger partial charge in [0.05, 0.1) is 50.8 Å². The summed E-state index contributed by atoms with van der Waals surface area (Å²) in [4.78, 5) is 132. The first-order valence-corrected chi connectivity index (χ1v) is 32.9. The van der Waals surface area contributed by atoms with Crippen molar-refractivity contribution in [3.63, 3.8) is 0 Å². The Bertz CT molecular complexity index is 2840. The Labute approximate surface area is 565 Å². The molecule has 1 aromatic carbocycles. The number of carbonyl (C=O) groups excluding carboxylic acids is 10. The highest BCUT2D eigenvalue weighted by atomic mass is 16.8. The number of hydrogen-bond donors (Lipinski definition) is 1. The van der Waals surface area contributed by atoms with Crippen molar-refractivity contribution in [2.45, 2.75) is 266 Å². The molecular weight excluding hydrogens is 1280 g/mol. The second-order valence-corrected chi connectivity index (χ2v) is 25.6. The summed E-state index contributed by atoms with van der Waals surface area (Å²) >= 11 is 0. The van der Waals surface area contributed by atoms with Crippen LogP contribution in [0.1, 0.15) is 143 Å². The van der Waals surface area contributed by atoms with Crippen molar-refractivity contribution in [3.8, 4) is 0 Å². The minimum absolute atomic E-state index is 0.0658. The number of hydrogen-bond acceptors (Lipinski definition) is 29. The molecule has 0 bridgehead atoms. The maximum atomic E-state index is 14.5. The van der Waals surface area contributed by atoms with Crippen LogP contribution in [0, 0.1) is 35.5 Å². The molecule has 26 atom stereocenters. The largest absolute Gasteiger partial charge is 0.465 e. The van der Waals surface area contributed by atoms with E-state index in [1.54, 1.807) is 27.7 Å². The Hall–Kier alpha value is -6.48. The molecule has 5 fully saturated rings. The second kappa shape index (κ2) is 36.0. The number of methoxy groups -OCH3 is 1. The zero-order chi connectivity index (χ0) is 71.9. The summed E-state index contributed by atoms with van der Waals surface area (Å²) in [6, 6.07) is 7.65. The summed E-state index contributed by atoms with van der Waals surface area (Å²) in [6.45, 7) is 23.0. The van der Waals surface area contributed by atoms with E-state index in [1.165, 1.54) is 20.8 Å². The maximum Gasteiger partial charge on any atom is 0.366 e. The van der Waals surface area contributed by atoms with E-state index in [0.29, 0.717) is 6.42 Å². The molecule has 546 valence electrons. The number of ether oxygens (including phenoxy) is 19. The molecule has 5 aliphatic rings. The van der Waals surface area contributed by atoms with Gasteiger partial charge in [-0.2, -0.15) is 0 Å². The highest BCUT2D eigenvalue weighted by Crippen LogP contribution is 2.45. The van der Waals surface area contributed by atoms with Gasteiger partial charge in [0.2, 0.25) is 5.91 Å². The number of nitrogens with one attached hydrogen (secondary N) is 1. The van der Waals surface area contributed by atoms with Crippen LogP contribution < -0.4 is 5.32 Å². The molecule has 97 heavy (non-hydrogen) atoms. The van der Waals surface area contributed by atoms with Crippen molar-refractivity contribution >= 4 is 59.6 Å². The summed E-state index contributed by atoms with van der Waals surface area (Å²) < 4.78 is 119. The Morgan fingerprint density at radius 3 is 1.53 bits per heavy atom. The van der Waals surface area contributed by atoms with E-state index in [2.05, 4.69) is 5.32 Å². The van der Waals surface area contributed by atoms with Gasteiger partial charge >= 0.3 is 53.7 Å². The van der Waals surface area contributed by atoms with Gasteiger partial charge in [0.15, 0.2) is 49.6 Å². The lowest BCUT2D eigenvalue weighted by molar-refractivity contribution is -0.378. The first-order valence-electron chi connectivity index (χ1n) is 32.9. The molecule has 0 saturated carbocycles. The molecule has 0 radical (unpaired) electrons. The number of carbonyl (C=O) groups is 10. The van der Waals surface area contributed by atoms with Gasteiger partial charge in [0.25, 0.3) is 5.79 Å². The van der Waals surface area contributed by atoms with Crippen LogP contribution in [0.3, 0.4) is 0 Å². The van der Waals surface area contributed by atoms with Gasteiger partial charge in [-0.15, -0.1) is 0 Å². The average molecular weight is 1380 g/mol. The van der Waals surface area contributed by atoms with Gasteiger partial charge in [0, 0.05) is 92.4 Å². The van der Waals surface area contributed by atoms with Crippen LogP contribution in [0.2, 0.25) is 0 Å². The minimum atomic E-state index is -2.18. The van der Waals surface area contributed by atoms with Crippen molar-refractivity contribution in [2.24, 2.45) is 35.5 Å². The third-order valence-electron chi connectivity index (χ3n) is 18.1. The zero-order valence-electron chi connectivity index (χ0n) is 58.6. The smallest absolute Gasteiger partial charge is 0.366 e. The summed E-state index contributed by atoms with van der Waals surface area (Å²) in [5.41, 5.74) is 0.796. The van der Waals surface area contributed by atoms with Crippen LogP contribution in [0.15, 0.2) is 30.3 Å². The standard InChI is InChI=1S/C67H99NO29/c1-19-47(84-40(12)72)33(5)53-32(4)31(3)26-67(97-53,66(78)79-18)83-30-49-34(6)56(95-64-58(87-43(15)75)36(8)55(85-41(13)73)50(92-64)28-80-38(10)70)52(68-37(9)69)62(91-49)96-60-59(88-44(16)76)51(29-81-39(11)71)93-65(61(60)89-45(17)77)94-54-35(7)57(86-42(14)74)63(90-48(54)20-2)82-27-46-24-22-21-23-25-46/h21-25,31-36,47-65H,19-20,26-30H2,1-18H3,(H,68,69)/t31-,32-,33-,34-,35+,36+,47-,48?,49?,50?,51?,52?,53?,54+,55-,56+,57?,58?,59+,60+,61?,62+,63-,64+,65+,67-/m1/s1. The van der Waals surface area contributed by atoms with E-state index in [9.17, 15) is 47.9 Å². The summed E-state index contributed by atoms with van der Waals surface area (Å²) in [5.74, 6) is -13.9. The van der Waals surface area contributed by atoms with Crippen LogP contribution >= 0.6 is 0 Å². The Kier molecular flexibility index (Phi) is 29.5. The molecule has 0 spiro atoms. The number of esters is 9. The molecule has 9 unspecified atom stereocenters. The van der Waals surface area contributed by atoms with Crippen molar-refractivity contribution in [2.75, 3.05) is 26.9 Å². The third kappa shape index (κ3) is 21.0. The lowest BCUT2D eigenvalue weighted by atomic mass is 9.76. The van der Waals surface area contributed by atoms with Crippen LogP contribution in [0.5, 0.6) is 0 Å². The van der Waals surface area contributed by atoms with Gasteiger partial charge in [-0.05, 0) is 30.2 Å². The molecule has 0 aliphatic carbocycles. The fourth-order valence-corrected chi connectivity index (χ4v) is 13.3. The normalized spacial score (nSPS) is 35.6. The quantitative estimate of drug-likeness (QED) is 0.0870. The lowest BCUT2D eigenvalue weighted by Gasteiger charge is -2.52. The predicted molar refractivity (Wildman–Crippen MR) is 330 cm³/mol. The topological polar surface area (TPSA) is 358 Å². The minimum Gasteiger partial charge on any atom is -0.465 e. The summed E-state index contributed by atoms with van der Waals surface area (Å²) in [5, 5.41) is 2.86. The van der Waals surface area contributed by atoms with Crippen LogP contribution in [-0.4, -0.2) is 209 Å². The van der Waals surface area contributed by atoms with Crippen molar-refractivity contribution < 1.29 is 138 Å². The Morgan fingerprint density at radius 1 is 0.515 bits per heavy atom. The average Bonchev–Trinajstić information content (AvgIpc) is 0.778. The molecule has 30 heteroatoms. The monoisotopic (exact) mass is 1380 g/mol. The van der Waals surface area contributed by atoms with Gasteiger partial charge < -0.3 is 95.3 Å². The molecule has 1 aromatic rings. The highest BCUT2D eigenvalue weighted by Gasteiger charge is 2.60. The molecule has 6 rings (SSSR count). The van der Waals surface area contributed by atoms with Crippen molar-refractivity contribution in [1.82, 2.24) is 5.32 Å². The maximum absolute atomic E-state index is 14.5. The number of rotatable bonds is 28. The first-order chi connectivity index (χ1) is 45.7. The van der Waals surface area contributed by atoms with Crippen LogP contribution in [-0.2, 0) is 145 Å². The molecular formula is C67H99NO29. The van der Waals surface area contributed by atoms with E-state index in [1.807, 2.05) is 58.0 Å². The molecule has 1 N–H and O–H groups in total. The summed E-state index contributed by atoms with van der Waals surface area (Å²) in [6.07, 6.45) is -24.1. The van der Waals surface area contributed by atoms with Gasteiger partial charge in [-0.3, -0.25) is 43.2 Å². The van der Waals surface area contributed by atoms with E-state index < -0.39 is 226 Å². The second-order valence-electron chi connectivity index (χ2n) is 25.6. The predicted octanol–water partition coefficient (Wildman–Crippen LogP) is 4.79. The Morgan fingerprint density at radius 2 is 1.00 bits per heavy atom. The fourth-order valence-electron chi connectivity index (χ4n) is 13.3.